The second-order valence-corrected chi connectivity index (χ2v) is 5.57. The molecule has 0 unspecified atom stereocenters. The molecule has 0 bridgehead atoms. The molecular formula is C12H17Cl2NO3. The van der Waals surface area contributed by atoms with E-state index in [1.807, 2.05) is 20.8 Å². The van der Waals surface area contributed by atoms with Crippen LogP contribution >= 0.6 is 23.2 Å². The van der Waals surface area contributed by atoms with Gasteiger partial charge in [-0.25, -0.2) is 9.79 Å². The first kappa shape index (κ1) is 15.3. The molecule has 0 saturated carbocycles. The second-order valence-electron chi connectivity index (χ2n) is 5.03. The van der Waals surface area contributed by atoms with Crippen LogP contribution in [0.15, 0.2) is 16.6 Å². The third-order valence-electron chi connectivity index (χ3n) is 2.34. The second kappa shape index (κ2) is 5.49. The van der Waals surface area contributed by atoms with Gasteiger partial charge in [0.2, 0.25) is 5.90 Å². The summed E-state index contributed by atoms with van der Waals surface area (Å²) in [6.07, 6.45) is 1.54. The van der Waals surface area contributed by atoms with Crippen LogP contribution in [0.3, 0.4) is 0 Å². The van der Waals surface area contributed by atoms with E-state index >= 15 is 0 Å². The van der Waals surface area contributed by atoms with Crippen LogP contribution in [0.4, 0.5) is 0 Å². The minimum absolute atomic E-state index is 0.0561. The molecule has 18 heavy (non-hydrogen) atoms. The fourth-order valence-corrected chi connectivity index (χ4v) is 2.20. The predicted octanol–water partition coefficient (Wildman–Crippen LogP) is 2.53. The van der Waals surface area contributed by atoms with Gasteiger partial charge in [-0.2, -0.15) is 0 Å². The molecule has 0 aliphatic carbocycles. The van der Waals surface area contributed by atoms with E-state index in [-0.39, 0.29) is 17.3 Å². The molecule has 102 valence electrons. The summed E-state index contributed by atoms with van der Waals surface area (Å²) < 4.78 is 10.4. The molecule has 1 aliphatic heterocycles. The summed E-state index contributed by atoms with van der Waals surface area (Å²) in [6.45, 7) is 5.78. The van der Waals surface area contributed by atoms with Gasteiger partial charge in [0.05, 0.1) is 30.0 Å². The van der Waals surface area contributed by atoms with Gasteiger partial charge in [-0.15, -0.1) is 23.2 Å². The summed E-state index contributed by atoms with van der Waals surface area (Å²) in [4.78, 5) is 16.1. The van der Waals surface area contributed by atoms with Crippen molar-refractivity contribution in [3.05, 3.63) is 11.6 Å². The van der Waals surface area contributed by atoms with E-state index in [0.29, 0.717) is 11.5 Å². The number of carbonyl (C=O) groups excluding carboxylic acids is 1. The summed E-state index contributed by atoms with van der Waals surface area (Å²) in [7, 11) is 1.30. The molecule has 4 nitrogen and oxygen atoms in total. The smallest absolute Gasteiger partial charge is 0.338 e. The van der Waals surface area contributed by atoms with Crippen LogP contribution in [0.1, 0.15) is 20.8 Å². The van der Waals surface area contributed by atoms with Crippen LogP contribution in [0.2, 0.25) is 0 Å². The molecule has 0 aromatic rings. The number of alkyl halides is 2. The SMILES string of the molecule is COC(=O)C1=CC(=NC(C)(C)C)OC1(CCl)CCl. The topological polar surface area (TPSA) is 47.9 Å². The molecule has 1 heterocycles. The standard InChI is InChI=1S/C12H17Cl2NO3/c1-11(2,3)15-9-5-8(10(16)17-4)12(6-13,7-14)18-9/h5H,6-7H2,1-4H3. The Balaban J connectivity index is 3.17. The van der Waals surface area contributed by atoms with Crippen molar-refractivity contribution in [2.75, 3.05) is 18.9 Å². The van der Waals surface area contributed by atoms with Gasteiger partial charge in [-0.1, -0.05) is 0 Å². The molecular weight excluding hydrogens is 277 g/mol. The van der Waals surface area contributed by atoms with Crippen molar-refractivity contribution in [2.24, 2.45) is 4.99 Å². The number of rotatable bonds is 3. The Morgan fingerprint density at radius 2 is 2.00 bits per heavy atom. The summed E-state index contributed by atoms with van der Waals surface area (Å²) >= 11 is 11.8. The van der Waals surface area contributed by atoms with Crippen molar-refractivity contribution in [2.45, 2.75) is 31.9 Å². The molecule has 0 aromatic carbocycles. The zero-order chi connectivity index (χ0) is 14.0. The van der Waals surface area contributed by atoms with Gasteiger partial charge >= 0.3 is 5.97 Å². The number of carbonyl (C=O) groups is 1. The quantitative estimate of drug-likeness (QED) is 0.593. The Hall–Kier alpha value is -0.740. The fraction of sp³-hybridized carbons (Fsp3) is 0.667. The maximum absolute atomic E-state index is 11.7. The molecule has 0 atom stereocenters. The molecule has 1 aliphatic rings. The van der Waals surface area contributed by atoms with Gasteiger partial charge < -0.3 is 9.47 Å². The molecule has 6 heteroatoms. The third-order valence-corrected chi connectivity index (χ3v) is 3.20. The first-order valence-corrected chi connectivity index (χ1v) is 6.56. The highest BCUT2D eigenvalue weighted by Crippen LogP contribution is 2.33. The van der Waals surface area contributed by atoms with Gasteiger partial charge in [-0.3, -0.25) is 0 Å². The van der Waals surface area contributed by atoms with Crippen molar-refractivity contribution >= 4 is 35.1 Å². The number of ether oxygens (including phenoxy) is 2. The van der Waals surface area contributed by atoms with Gasteiger partial charge in [0.15, 0.2) is 5.60 Å². The zero-order valence-electron chi connectivity index (χ0n) is 10.9. The highest BCUT2D eigenvalue weighted by molar-refractivity contribution is 6.24. The van der Waals surface area contributed by atoms with Crippen molar-refractivity contribution in [1.82, 2.24) is 0 Å². The molecule has 0 fully saturated rings. The molecule has 0 spiro atoms. The Bertz CT molecular complexity index is 393. The van der Waals surface area contributed by atoms with E-state index in [1.54, 1.807) is 6.08 Å². The van der Waals surface area contributed by atoms with Gasteiger partial charge in [0, 0.05) is 6.08 Å². The monoisotopic (exact) mass is 293 g/mol. The number of hydrogen-bond donors (Lipinski definition) is 0. The first-order chi connectivity index (χ1) is 8.28. The molecule has 0 amide bonds. The fourth-order valence-electron chi connectivity index (χ4n) is 1.51. The van der Waals surface area contributed by atoms with Crippen LogP contribution < -0.4 is 0 Å². The molecule has 0 aromatic heterocycles. The normalized spacial score (nSPS) is 20.6. The maximum atomic E-state index is 11.7. The number of methoxy groups -OCH3 is 1. The summed E-state index contributed by atoms with van der Waals surface area (Å²) in [5.74, 6) is -0.0408. The summed E-state index contributed by atoms with van der Waals surface area (Å²) in [5, 5.41) is 0. The van der Waals surface area contributed by atoms with Gasteiger partial charge in [0.25, 0.3) is 0 Å². The highest BCUT2D eigenvalue weighted by atomic mass is 35.5. The van der Waals surface area contributed by atoms with Crippen molar-refractivity contribution in [3.63, 3.8) is 0 Å². The Labute approximate surface area is 117 Å². The molecule has 0 saturated heterocycles. The molecule has 1 rings (SSSR count). The van der Waals surface area contributed by atoms with Crippen molar-refractivity contribution in [3.8, 4) is 0 Å². The Morgan fingerprint density at radius 1 is 1.44 bits per heavy atom. The van der Waals surface area contributed by atoms with E-state index in [1.165, 1.54) is 7.11 Å². The Morgan fingerprint density at radius 3 is 2.39 bits per heavy atom. The van der Waals surface area contributed by atoms with E-state index in [2.05, 4.69) is 4.99 Å². The highest BCUT2D eigenvalue weighted by Gasteiger charge is 2.45. The number of esters is 1. The third kappa shape index (κ3) is 3.18. The van der Waals surface area contributed by atoms with E-state index in [0.717, 1.165) is 0 Å². The minimum Gasteiger partial charge on any atom is -0.466 e. The first-order valence-electron chi connectivity index (χ1n) is 5.49. The van der Waals surface area contributed by atoms with Crippen LogP contribution in [-0.2, 0) is 14.3 Å². The average Bonchev–Trinajstić information content (AvgIpc) is 2.65. The number of aliphatic imine (C=N–C) groups is 1. The number of nitrogens with zero attached hydrogens (tertiary/aromatic N) is 1. The lowest BCUT2D eigenvalue weighted by atomic mass is 9.99. The van der Waals surface area contributed by atoms with Crippen LogP contribution in [-0.4, -0.2) is 41.9 Å². The minimum atomic E-state index is -1.06. The summed E-state index contributed by atoms with van der Waals surface area (Å²) in [5.41, 5.74) is -1.07. The van der Waals surface area contributed by atoms with Gasteiger partial charge in [0.1, 0.15) is 0 Å². The lowest BCUT2D eigenvalue weighted by molar-refractivity contribution is -0.137. The Kier molecular flexibility index (Phi) is 4.67. The average molecular weight is 294 g/mol. The molecule has 0 radical (unpaired) electrons. The lowest BCUT2D eigenvalue weighted by Gasteiger charge is -2.26. The lowest BCUT2D eigenvalue weighted by Crippen LogP contribution is -2.39. The summed E-state index contributed by atoms with van der Waals surface area (Å²) in [6, 6.07) is 0. The molecule has 0 N–H and O–H groups in total. The van der Waals surface area contributed by atoms with Crippen molar-refractivity contribution < 1.29 is 14.3 Å². The number of hydrogen-bond acceptors (Lipinski definition) is 4. The van der Waals surface area contributed by atoms with Crippen LogP contribution in [0.5, 0.6) is 0 Å². The van der Waals surface area contributed by atoms with Gasteiger partial charge in [-0.05, 0) is 20.8 Å². The van der Waals surface area contributed by atoms with E-state index in [9.17, 15) is 4.79 Å². The zero-order valence-corrected chi connectivity index (χ0v) is 12.4. The maximum Gasteiger partial charge on any atom is 0.338 e. The van der Waals surface area contributed by atoms with Crippen molar-refractivity contribution in [1.29, 1.82) is 0 Å². The largest absolute Gasteiger partial charge is 0.466 e. The van der Waals surface area contributed by atoms with Crippen LogP contribution in [0.25, 0.3) is 0 Å². The van der Waals surface area contributed by atoms with Crippen LogP contribution in [0, 0.1) is 0 Å². The predicted molar refractivity (Wildman–Crippen MR) is 72.5 cm³/mol. The van der Waals surface area contributed by atoms with E-state index < -0.39 is 11.6 Å². The number of halogens is 2. The van der Waals surface area contributed by atoms with E-state index in [4.69, 9.17) is 32.7 Å².